The first-order valence-electron chi connectivity index (χ1n) is 6.53. The van der Waals surface area contributed by atoms with Crippen molar-refractivity contribution in [2.75, 3.05) is 0 Å². The number of hydrogen-bond donors (Lipinski definition) is 1. The SMILES string of the molecule is Cc1nn(C)c(CC2CCCCCC2N)c1Cl. The zero-order valence-electron chi connectivity index (χ0n) is 10.7. The molecule has 2 rings (SSSR count). The third-order valence-corrected chi connectivity index (χ3v) is 4.43. The minimum Gasteiger partial charge on any atom is -0.327 e. The van der Waals surface area contributed by atoms with Crippen molar-refractivity contribution in [1.82, 2.24) is 9.78 Å². The smallest absolute Gasteiger partial charge is 0.0847 e. The summed E-state index contributed by atoms with van der Waals surface area (Å²) in [6.45, 7) is 1.96. The van der Waals surface area contributed by atoms with Gasteiger partial charge in [-0.1, -0.05) is 30.9 Å². The molecule has 0 spiro atoms. The van der Waals surface area contributed by atoms with Gasteiger partial charge in [0.1, 0.15) is 0 Å². The number of nitrogens with two attached hydrogens (primary N) is 1. The molecule has 1 aromatic heterocycles. The zero-order chi connectivity index (χ0) is 12.4. The predicted octanol–water partition coefficient (Wildman–Crippen LogP) is 2.83. The average Bonchev–Trinajstić information content (AvgIpc) is 2.45. The summed E-state index contributed by atoms with van der Waals surface area (Å²) >= 11 is 6.30. The number of rotatable bonds is 2. The van der Waals surface area contributed by atoms with Crippen LogP contribution in [0.25, 0.3) is 0 Å². The lowest BCUT2D eigenvalue weighted by Crippen LogP contribution is -2.31. The van der Waals surface area contributed by atoms with Crippen molar-refractivity contribution in [2.24, 2.45) is 18.7 Å². The molecule has 96 valence electrons. The van der Waals surface area contributed by atoms with E-state index in [4.69, 9.17) is 17.3 Å². The molecule has 0 amide bonds. The molecule has 1 aliphatic carbocycles. The maximum atomic E-state index is 6.30. The van der Waals surface area contributed by atoms with Gasteiger partial charge in [-0.25, -0.2) is 0 Å². The molecule has 1 aliphatic rings. The Morgan fingerprint density at radius 1 is 1.35 bits per heavy atom. The maximum absolute atomic E-state index is 6.30. The van der Waals surface area contributed by atoms with Crippen LogP contribution in [0.1, 0.15) is 43.5 Å². The van der Waals surface area contributed by atoms with Crippen LogP contribution in [0.5, 0.6) is 0 Å². The van der Waals surface area contributed by atoms with Crippen LogP contribution in [-0.4, -0.2) is 15.8 Å². The van der Waals surface area contributed by atoms with E-state index in [2.05, 4.69) is 5.10 Å². The zero-order valence-corrected chi connectivity index (χ0v) is 11.5. The molecule has 0 radical (unpaired) electrons. The molecule has 1 fully saturated rings. The van der Waals surface area contributed by atoms with Crippen molar-refractivity contribution in [1.29, 1.82) is 0 Å². The molecule has 2 atom stereocenters. The van der Waals surface area contributed by atoms with Crippen LogP contribution in [0, 0.1) is 12.8 Å². The highest BCUT2D eigenvalue weighted by atomic mass is 35.5. The largest absolute Gasteiger partial charge is 0.327 e. The van der Waals surface area contributed by atoms with Crippen molar-refractivity contribution in [3.63, 3.8) is 0 Å². The van der Waals surface area contributed by atoms with Gasteiger partial charge >= 0.3 is 0 Å². The predicted molar refractivity (Wildman–Crippen MR) is 71.2 cm³/mol. The molecule has 0 aliphatic heterocycles. The molecule has 3 nitrogen and oxygen atoms in total. The summed E-state index contributed by atoms with van der Waals surface area (Å²) in [5, 5.41) is 5.19. The van der Waals surface area contributed by atoms with Crippen LogP contribution >= 0.6 is 11.6 Å². The van der Waals surface area contributed by atoms with Crippen molar-refractivity contribution in [3.05, 3.63) is 16.4 Å². The fourth-order valence-corrected chi connectivity index (χ4v) is 3.05. The normalized spacial score (nSPS) is 25.9. The molecule has 17 heavy (non-hydrogen) atoms. The molecule has 1 aromatic rings. The first-order chi connectivity index (χ1) is 8.09. The summed E-state index contributed by atoms with van der Waals surface area (Å²) in [4.78, 5) is 0. The van der Waals surface area contributed by atoms with E-state index in [1.165, 1.54) is 25.7 Å². The molecule has 0 bridgehead atoms. The van der Waals surface area contributed by atoms with Crippen molar-refractivity contribution < 1.29 is 0 Å². The monoisotopic (exact) mass is 255 g/mol. The maximum Gasteiger partial charge on any atom is 0.0847 e. The Hall–Kier alpha value is -0.540. The van der Waals surface area contributed by atoms with E-state index < -0.39 is 0 Å². The van der Waals surface area contributed by atoms with Gasteiger partial charge in [-0.05, 0) is 32.1 Å². The summed E-state index contributed by atoms with van der Waals surface area (Å²) in [6.07, 6.45) is 7.24. The Bertz CT molecular complexity index is 386. The molecule has 1 saturated carbocycles. The summed E-state index contributed by atoms with van der Waals surface area (Å²) in [6, 6.07) is 0.323. The minimum atomic E-state index is 0.323. The Balaban J connectivity index is 2.13. The van der Waals surface area contributed by atoms with Crippen LogP contribution in [0.2, 0.25) is 5.02 Å². The molecule has 1 heterocycles. The third kappa shape index (κ3) is 2.83. The number of aromatic nitrogens is 2. The standard InChI is InChI=1S/C13H22ClN3/c1-9-13(14)12(17(2)16-9)8-10-6-4-3-5-7-11(10)15/h10-11H,3-8,15H2,1-2H3. The molecular weight excluding hydrogens is 234 g/mol. The van der Waals surface area contributed by atoms with Crippen LogP contribution in [0.4, 0.5) is 0 Å². The van der Waals surface area contributed by atoms with Gasteiger partial charge in [-0.3, -0.25) is 4.68 Å². The second-order valence-corrected chi connectivity index (χ2v) is 5.61. The Morgan fingerprint density at radius 2 is 2.06 bits per heavy atom. The highest BCUT2D eigenvalue weighted by Gasteiger charge is 2.23. The topological polar surface area (TPSA) is 43.8 Å². The highest BCUT2D eigenvalue weighted by molar-refractivity contribution is 6.31. The van der Waals surface area contributed by atoms with E-state index in [0.717, 1.165) is 29.3 Å². The lowest BCUT2D eigenvalue weighted by atomic mass is 9.91. The van der Waals surface area contributed by atoms with Gasteiger partial charge in [-0.15, -0.1) is 0 Å². The van der Waals surface area contributed by atoms with Gasteiger partial charge in [0.15, 0.2) is 0 Å². The summed E-state index contributed by atoms with van der Waals surface area (Å²) in [5.41, 5.74) is 8.33. The lowest BCUT2D eigenvalue weighted by Gasteiger charge is -2.21. The molecule has 2 unspecified atom stereocenters. The number of nitrogens with zero attached hydrogens (tertiary/aromatic N) is 2. The number of halogens is 1. The van der Waals surface area contributed by atoms with E-state index >= 15 is 0 Å². The molecule has 4 heteroatoms. The van der Waals surface area contributed by atoms with Crippen molar-refractivity contribution in [2.45, 2.75) is 51.5 Å². The van der Waals surface area contributed by atoms with Gasteiger partial charge in [0.05, 0.1) is 16.4 Å². The summed E-state index contributed by atoms with van der Waals surface area (Å²) < 4.78 is 1.91. The first kappa shape index (κ1) is 12.9. The van der Waals surface area contributed by atoms with E-state index in [1.807, 2.05) is 18.7 Å². The fourth-order valence-electron chi connectivity index (χ4n) is 2.82. The average molecular weight is 256 g/mol. The minimum absolute atomic E-state index is 0.323. The van der Waals surface area contributed by atoms with Gasteiger partial charge in [-0.2, -0.15) is 5.10 Å². The van der Waals surface area contributed by atoms with E-state index in [9.17, 15) is 0 Å². The van der Waals surface area contributed by atoms with Gasteiger partial charge in [0.2, 0.25) is 0 Å². The number of aryl methyl sites for hydroxylation is 2. The van der Waals surface area contributed by atoms with Crippen LogP contribution in [-0.2, 0) is 13.5 Å². The third-order valence-electron chi connectivity index (χ3n) is 3.94. The molecule has 2 N–H and O–H groups in total. The van der Waals surface area contributed by atoms with E-state index in [0.29, 0.717) is 12.0 Å². The van der Waals surface area contributed by atoms with Gasteiger partial charge in [0.25, 0.3) is 0 Å². The van der Waals surface area contributed by atoms with Crippen LogP contribution in [0.3, 0.4) is 0 Å². The Morgan fingerprint density at radius 3 is 2.71 bits per heavy atom. The summed E-state index contributed by atoms with van der Waals surface area (Å²) in [5.74, 6) is 0.560. The number of hydrogen-bond acceptors (Lipinski definition) is 2. The van der Waals surface area contributed by atoms with Gasteiger partial charge < -0.3 is 5.73 Å². The highest BCUT2D eigenvalue weighted by Crippen LogP contribution is 2.29. The molecule has 0 saturated heterocycles. The van der Waals surface area contributed by atoms with Crippen LogP contribution in [0.15, 0.2) is 0 Å². The van der Waals surface area contributed by atoms with Crippen LogP contribution < -0.4 is 5.73 Å². The Kier molecular flexibility index (Phi) is 4.10. The second-order valence-electron chi connectivity index (χ2n) is 5.24. The molecular formula is C13H22ClN3. The Labute approximate surface area is 108 Å². The first-order valence-corrected chi connectivity index (χ1v) is 6.91. The van der Waals surface area contributed by atoms with Crippen molar-refractivity contribution >= 4 is 11.6 Å². The molecule has 0 aromatic carbocycles. The summed E-state index contributed by atoms with van der Waals surface area (Å²) in [7, 11) is 1.97. The quantitative estimate of drug-likeness (QED) is 0.826. The fraction of sp³-hybridized carbons (Fsp3) is 0.769. The van der Waals surface area contributed by atoms with Crippen molar-refractivity contribution in [3.8, 4) is 0 Å². The van der Waals surface area contributed by atoms with E-state index in [1.54, 1.807) is 0 Å². The van der Waals surface area contributed by atoms with E-state index in [-0.39, 0.29) is 0 Å². The van der Waals surface area contributed by atoms with Gasteiger partial charge in [0, 0.05) is 13.1 Å². The lowest BCUT2D eigenvalue weighted by molar-refractivity contribution is 0.387. The second kappa shape index (κ2) is 5.40.